The van der Waals surface area contributed by atoms with Gasteiger partial charge < -0.3 is 25.4 Å². The van der Waals surface area contributed by atoms with Crippen molar-refractivity contribution in [3.63, 3.8) is 0 Å². The van der Waals surface area contributed by atoms with Crippen molar-refractivity contribution in [3.8, 4) is 22.8 Å². The molecule has 5 rings (SSSR count). The highest BCUT2D eigenvalue weighted by atomic mass is 32.2. The number of rotatable bonds is 10. The number of anilines is 3. The minimum absolute atomic E-state index is 0.191. The van der Waals surface area contributed by atoms with Crippen LogP contribution < -0.4 is 25.4 Å². The summed E-state index contributed by atoms with van der Waals surface area (Å²) < 4.78 is 10.7. The Bertz CT molecular complexity index is 1640. The number of hydrogen-bond donors (Lipinski definition) is 3. The number of urea groups is 1. The Hall–Kier alpha value is -4.80. The lowest BCUT2D eigenvalue weighted by molar-refractivity contribution is -0.115. The van der Waals surface area contributed by atoms with Crippen LogP contribution in [0.5, 0.6) is 11.5 Å². The predicted octanol–water partition coefficient (Wildman–Crippen LogP) is 7.94. The van der Waals surface area contributed by atoms with Crippen molar-refractivity contribution in [1.29, 1.82) is 0 Å². The minimum Gasteiger partial charge on any atom is -0.493 e. The molecule has 1 heterocycles. The molecule has 0 saturated carbocycles. The van der Waals surface area contributed by atoms with Gasteiger partial charge in [0.2, 0.25) is 5.91 Å². The molecule has 0 aliphatic carbocycles. The zero-order valence-corrected chi connectivity index (χ0v) is 24.5. The number of para-hydroxylation sites is 1. The van der Waals surface area contributed by atoms with E-state index in [2.05, 4.69) is 20.9 Å². The lowest BCUT2D eigenvalue weighted by Crippen LogP contribution is -2.19. The summed E-state index contributed by atoms with van der Waals surface area (Å²) in [5.41, 5.74) is 3.78. The maximum atomic E-state index is 13.6. The number of amides is 3. The van der Waals surface area contributed by atoms with Crippen LogP contribution in [0, 0.1) is 0 Å². The van der Waals surface area contributed by atoms with E-state index < -0.39 is 5.25 Å². The second-order valence-corrected chi connectivity index (χ2v) is 11.0. The first-order chi connectivity index (χ1) is 20.5. The van der Waals surface area contributed by atoms with Gasteiger partial charge >= 0.3 is 6.03 Å². The number of nitrogens with zero attached hydrogens (tertiary/aromatic N) is 1. The Balaban J connectivity index is 1.27. The molecule has 1 aromatic heterocycles. The number of nitrogens with one attached hydrogen (secondary N) is 3. The Morgan fingerprint density at radius 2 is 1.40 bits per heavy atom. The Kier molecular flexibility index (Phi) is 9.37. The van der Waals surface area contributed by atoms with Crippen LogP contribution in [0.3, 0.4) is 0 Å². The first kappa shape index (κ1) is 28.7. The first-order valence-electron chi connectivity index (χ1n) is 13.0. The van der Waals surface area contributed by atoms with Gasteiger partial charge in [0, 0.05) is 27.2 Å². The molecule has 0 aliphatic heterocycles. The molecule has 5 aromatic rings. The quantitative estimate of drug-likeness (QED) is 0.142. The van der Waals surface area contributed by atoms with Crippen molar-refractivity contribution in [1.82, 2.24) is 4.98 Å². The van der Waals surface area contributed by atoms with Gasteiger partial charge in [-0.3, -0.25) is 4.79 Å². The van der Waals surface area contributed by atoms with E-state index in [1.165, 1.54) is 23.1 Å². The minimum atomic E-state index is -0.528. The van der Waals surface area contributed by atoms with Crippen molar-refractivity contribution in [2.24, 2.45) is 0 Å². The Morgan fingerprint density at radius 3 is 2.07 bits per heavy atom. The summed E-state index contributed by atoms with van der Waals surface area (Å²) in [6.07, 6.45) is 0. The number of benzene rings is 4. The van der Waals surface area contributed by atoms with Gasteiger partial charge in [0.25, 0.3) is 0 Å². The molecule has 1 unspecified atom stereocenters. The van der Waals surface area contributed by atoms with Crippen LogP contribution in [-0.2, 0) is 4.79 Å². The van der Waals surface area contributed by atoms with E-state index >= 15 is 0 Å². The van der Waals surface area contributed by atoms with E-state index in [4.69, 9.17) is 9.47 Å². The lowest BCUT2D eigenvalue weighted by atomic mass is 10.1. The van der Waals surface area contributed by atoms with Crippen LogP contribution in [0.15, 0.2) is 113 Å². The molecular formula is C32H28N4O4S2. The maximum Gasteiger partial charge on any atom is 0.323 e. The Labute approximate surface area is 252 Å². The van der Waals surface area contributed by atoms with Gasteiger partial charge in [0.1, 0.15) is 5.25 Å². The molecule has 0 radical (unpaired) electrons. The third-order valence-corrected chi connectivity index (χ3v) is 8.18. The molecule has 0 fully saturated rings. The van der Waals surface area contributed by atoms with E-state index in [1.54, 1.807) is 14.2 Å². The maximum absolute atomic E-state index is 13.6. The third-order valence-electron chi connectivity index (χ3n) is 6.15. The monoisotopic (exact) mass is 596 g/mol. The fraction of sp³-hybridized carbons (Fsp3) is 0.0938. The summed E-state index contributed by atoms with van der Waals surface area (Å²) in [6.45, 7) is 0. The van der Waals surface area contributed by atoms with Gasteiger partial charge in [-0.2, -0.15) is 0 Å². The third kappa shape index (κ3) is 7.28. The summed E-state index contributed by atoms with van der Waals surface area (Å²) in [6, 6.07) is 31.4. The van der Waals surface area contributed by atoms with Gasteiger partial charge in [-0.1, -0.05) is 48.5 Å². The summed E-state index contributed by atoms with van der Waals surface area (Å²) in [4.78, 5) is 31.4. The summed E-state index contributed by atoms with van der Waals surface area (Å²) in [5.74, 6) is 1.04. The molecule has 1 atom stereocenters. The van der Waals surface area contributed by atoms with Gasteiger partial charge in [-0.25, -0.2) is 9.78 Å². The molecule has 0 aliphatic rings. The molecular weight excluding hydrogens is 569 g/mol. The fourth-order valence-electron chi connectivity index (χ4n) is 4.10. The van der Waals surface area contributed by atoms with Crippen LogP contribution in [0.4, 0.5) is 21.3 Å². The van der Waals surface area contributed by atoms with Gasteiger partial charge in [0.15, 0.2) is 16.6 Å². The van der Waals surface area contributed by atoms with Crippen molar-refractivity contribution in [3.05, 3.63) is 114 Å². The second-order valence-electron chi connectivity index (χ2n) is 8.98. The summed E-state index contributed by atoms with van der Waals surface area (Å²) in [5, 5.41) is 10.5. The molecule has 42 heavy (non-hydrogen) atoms. The Morgan fingerprint density at radius 1 is 0.762 bits per heavy atom. The van der Waals surface area contributed by atoms with Crippen molar-refractivity contribution in [2.75, 3.05) is 30.2 Å². The predicted molar refractivity (Wildman–Crippen MR) is 170 cm³/mol. The van der Waals surface area contributed by atoms with Crippen molar-refractivity contribution >= 4 is 51.5 Å². The smallest absolute Gasteiger partial charge is 0.323 e. The van der Waals surface area contributed by atoms with Crippen LogP contribution in [0.2, 0.25) is 0 Å². The van der Waals surface area contributed by atoms with Crippen molar-refractivity contribution < 1.29 is 19.1 Å². The van der Waals surface area contributed by atoms with Crippen molar-refractivity contribution in [2.45, 2.75) is 10.1 Å². The molecule has 4 aromatic carbocycles. The van der Waals surface area contributed by atoms with Crippen LogP contribution in [0.25, 0.3) is 11.3 Å². The zero-order chi connectivity index (χ0) is 29.3. The molecule has 3 N–H and O–H groups in total. The molecule has 212 valence electrons. The number of carbonyl (C=O) groups is 2. The zero-order valence-electron chi connectivity index (χ0n) is 22.9. The van der Waals surface area contributed by atoms with E-state index in [0.29, 0.717) is 28.0 Å². The largest absolute Gasteiger partial charge is 0.493 e. The van der Waals surface area contributed by atoms with Gasteiger partial charge in [-0.05, 0) is 60.2 Å². The van der Waals surface area contributed by atoms with Crippen LogP contribution in [-0.4, -0.2) is 31.1 Å². The van der Waals surface area contributed by atoms with Crippen LogP contribution in [0.1, 0.15) is 10.8 Å². The molecule has 0 bridgehead atoms. The number of methoxy groups -OCH3 is 2. The number of thioether (sulfide) groups is 1. The molecule has 0 saturated heterocycles. The highest BCUT2D eigenvalue weighted by Crippen LogP contribution is 2.38. The van der Waals surface area contributed by atoms with E-state index in [1.807, 2.05) is 109 Å². The molecule has 0 spiro atoms. The standard InChI is InChI=1S/C32H28N4O4S2/c1-39-27-18-13-22(19-28(27)40-2)26-20-41-32(35-26)36-30(37)29(21-9-5-3-6-10-21)42-25-16-14-24(15-17-25)34-31(38)33-23-11-7-4-8-12-23/h3-20,29H,1-2H3,(H2,33,34,38)(H,35,36,37). The average molecular weight is 597 g/mol. The fourth-order valence-corrected chi connectivity index (χ4v) is 5.85. The highest BCUT2D eigenvalue weighted by molar-refractivity contribution is 8.00. The number of carbonyl (C=O) groups excluding carboxylic acids is 2. The van der Waals surface area contributed by atoms with Gasteiger partial charge in [0.05, 0.1) is 19.9 Å². The molecule has 10 heteroatoms. The normalized spacial score (nSPS) is 11.3. The van der Waals surface area contributed by atoms with Crippen LogP contribution >= 0.6 is 23.1 Å². The molecule has 8 nitrogen and oxygen atoms in total. The SMILES string of the molecule is COc1ccc(-c2csc(NC(=O)C(Sc3ccc(NC(=O)Nc4ccccc4)cc3)c3ccccc3)n2)cc1OC. The number of ether oxygens (including phenoxy) is 2. The van der Waals surface area contributed by atoms with E-state index in [0.717, 1.165) is 21.7 Å². The number of aromatic nitrogens is 1. The van der Waals surface area contributed by atoms with E-state index in [-0.39, 0.29) is 11.9 Å². The second kappa shape index (κ2) is 13.7. The number of hydrogen-bond acceptors (Lipinski definition) is 7. The number of thiazole rings is 1. The topological polar surface area (TPSA) is 102 Å². The van der Waals surface area contributed by atoms with Gasteiger partial charge in [-0.15, -0.1) is 23.1 Å². The summed E-state index contributed by atoms with van der Waals surface area (Å²) in [7, 11) is 3.18. The highest BCUT2D eigenvalue weighted by Gasteiger charge is 2.23. The lowest BCUT2D eigenvalue weighted by Gasteiger charge is -2.16. The average Bonchev–Trinajstić information content (AvgIpc) is 3.49. The first-order valence-corrected chi connectivity index (χ1v) is 14.7. The van der Waals surface area contributed by atoms with E-state index in [9.17, 15) is 9.59 Å². The molecule has 3 amide bonds. The summed E-state index contributed by atoms with van der Waals surface area (Å²) >= 11 is 2.77.